The maximum atomic E-state index is 11.6. The van der Waals surface area contributed by atoms with Gasteiger partial charge in [-0.05, 0) is 24.1 Å². The Morgan fingerprint density at radius 2 is 1.73 bits per heavy atom. The second-order valence-electron chi connectivity index (χ2n) is 4.86. The van der Waals surface area contributed by atoms with E-state index in [2.05, 4.69) is 11.1 Å². The van der Waals surface area contributed by atoms with Gasteiger partial charge in [-0.15, -0.1) is 0 Å². The number of aliphatic carboxylic acids is 2. The number of carbonyl (C=O) groups excluding carboxylic acids is 3. The highest BCUT2D eigenvalue weighted by Crippen LogP contribution is 2.11. The Kier molecular flexibility index (Phi) is 6.33. The van der Waals surface area contributed by atoms with E-state index in [9.17, 15) is 24.6 Å². The molecule has 1 aromatic carbocycles. The number of aromatic hydroxyl groups is 1. The highest BCUT2D eigenvalue weighted by molar-refractivity contribution is 5.83. The number of nitrogens with one attached hydrogen (secondary N) is 1. The van der Waals surface area contributed by atoms with Crippen molar-refractivity contribution in [3.8, 4) is 5.75 Å². The van der Waals surface area contributed by atoms with E-state index in [1.807, 2.05) is 0 Å². The number of amides is 1. The summed E-state index contributed by atoms with van der Waals surface area (Å²) in [4.78, 5) is 33.2. The Morgan fingerprint density at radius 3 is 2.23 bits per heavy atom. The number of carboxylic acids is 2. The third-order valence-corrected chi connectivity index (χ3v) is 3.05. The molecule has 0 saturated carbocycles. The van der Waals surface area contributed by atoms with Crippen LogP contribution in [0.2, 0.25) is 0 Å². The number of benzene rings is 1. The molecule has 5 N–H and O–H groups in total. The summed E-state index contributed by atoms with van der Waals surface area (Å²) in [5.41, 5.74) is 3.90. The van der Waals surface area contributed by atoms with E-state index >= 15 is 0 Å². The first-order chi connectivity index (χ1) is 10.3. The molecule has 2 atom stereocenters. The average Bonchev–Trinajstić information content (AvgIpc) is 2.46. The van der Waals surface area contributed by atoms with Gasteiger partial charge in [-0.2, -0.15) is 0 Å². The molecular formula is C14H17N2O6-. The van der Waals surface area contributed by atoms with Gasteiger partial charge in [0, 0.05) is 12.8 Å². The molecule has 0 fully saturated rings. The van der Waals surface area contributed by atoms with E-state index < -0.39 is 29.9 Å². The molecule has 1 amide bonds. The van der Waals surface area contributed by atoms with Crippen molar-refractivity contribution in [1.82, 2.24) is 5.32 Å². The molecule has 0 unspecified atom stereocenters. The van der Waals surface area contributed by atoms with Crippen molar-refractivity contribution in [2.24, 2.45) is 0 Å². The lowest BCUT2D eigenvalue weighted by Gasteiger charge is -2.20. The summed E-state index contributed by atoms with van der Waals surface area (Å²) < 4.78 is 0. The van der Waals surface area contributed by atoms with Crippen LogP contribution in [-0.2, 0) is 20.8 Å². The lowest BCUT2D eigenvalue weighted by molar-refractivity contribution is -0.438. The van der Waals surface area contributed by atoms with Crippen LogP contribution in [0.15, 0.2) is 24.3 Å². The Labute approximate surface area is 126 Å². The number of phenols is 1. The fourth-order valence-corrected chi connectivity index (χ4v) is 1.75. The number of quaternary nitrogens is 1. The Bertz CT molecular complexity index is 543. The molecule has 0 saturated heterocycles. The maximum Gasteiger partial charge on any atom is 0.220 e. The first-order valence-corrected chi connectivity index (χ1v) is 6.61. The van der Waals surface area contributed by atoms with Gasteiger partial charge in [-0.25, -0.2) is 0 Å². The maximum absolute atomic E-state index is 11.6. The number of carbonyl (C=O) groups is 3. The van der Waals surface area contributed by atoms with E-state index in [4.69, 9.17) is 5.11 Å². The minimum atomic E-state index is -1.45. The van der Waals surface area contributed by atoms with Gasteiger partial charge >= 0.3 is 0 Å². The van der Waals surface area contributed by atoms with E-state index in [0.717, 1.165) is 0 Å². The van der Waals surface area contributed by atoms with Crippen LogP contribution in [0.3, 0.4) is 0 Å². The minimum absolute atomic E-state index is 0.0113. The molecule has 1 rings (SSSR count). The van der Waals surface area contributed by atoms with E-state index in [0.29, 0.717) is 5.56 Å². The quantitative estimate of drug-likeness (QED) is 0.448. The summed E-state index contributed by atoms with van der Waals surface area (Å²) in [6.07, 6.45) is -0.239. The zero-order chi connectivity index (χ0) is 16.7. The van der Waals surface area contributed by atoms with Crippen LogP contribution >= 0.6 is 0 Å². The zero-order valence-electron chi connectivity index (χ0n) is 11.8. The molecule has 0 heterocycles. The summed E-state index contributed by atoms with van der Waals surface area (Å²) in [6.45, 7) is 0. The van der Waals surface area contributed by atoms with Gasteiger partial charge in [0.15, 0.2) is 0 Å². The highest BCUT2D eigenvalue weighted by atomic mass is 16.4. The smallest absolute Gasteiger partial charge is 0.220 e. The van der Waals surface area contributed by atoms with Gasteiger partial charge in [0.2, 0.25) is 5.91 Å². The summed E-state index contributed by atoms with van der Waals surface area (Å²) >= 11 is 0. The molecule has 0 bridgehead atoms. The Hall–Kier alpha value is -2.61. The van der Waals surface area contributed by atoms with Crippen molar-refractivity contribution in [2.45, 2.75) is 31.3 Å². The van der Waals surface area contributed by atoms with Crippen molar-refractivity contribution in [1.29, 1.82) is 0 Å². The molecule has 8 heteroatoms. The van der Waals surface area contributed by atoms with Crippen LogP contribution in [0.25, 0.3) is 0 Å². The standard InChI is InChI=1S/C14H18N2O6/c15-10(13(19)20)5-6-12(18)16-11(14(21)22)7-8-1-3-9(17)4-2-8/h1-4,10-11,17H,5-7,15H2,(H,16,18)(H,19,20)(H,21,22)/p-1/t10-,11-/m0/s1. The van der Waals surface area contributed by atoms with Gasteiger partial charge in [-0.1, -0.05) is 12.1 Å². The number of rotatable bonds is 8. The molecule has 0 aliphatic heterocycles. The molecule has 0 spiro atoms. The van der Waals surface area contributed by atoms with Crippen LogP contribution in [0.5, 0.6) is 5.75 Å². The lowest BCUT2D eigenvalue weighted by atomic mass is 10.1. The molecule has 0 radical (unpaired) electrons. The van der Waals surface area contributed by atoms with Crippen molar-refractivity contribution in [2.75, 3.05) is 0 Å². The van der Waals surface area contributed by atoms with Crippen molar-refractivity contribution < 1.29 is 35.4 Å². The SMILES string of the molecule is [NH3+][C@@H](CCC(=O)N[C@@H](Cc1ccc(O)cc1)C(=O)[O-])C(=O)[O-]. The topological polar surface area (TPSA) is 157 Å². The zero-order valence-corrected chi connectivity index (χ0v) is 11.8. The van der Waals surface area contributed by atoms with Gasteiger partial charge in [-0.3, -0.25) is 4.79 Å². The molecule has 0 aliphatic carbocycles. The summed E-state index contributed by atoms with van der Waals surface area (Å²) in [7, 11) is 0. The van der Waals surface area contributed by atoms with Gasteiger partial charge < -0.3 is 36.0 Å². The molecule has 0 aliphatic rings. The molecular weight excluding hydrogens is 292 g/mol. The molecule has 120 valence electrons. The van der Waals surface area contributed by atoms with Gasteiger partial charge in [0.1, 0.15) is 11.8 Å². The van der Waals surface area contributed by atoms with E-state index in [1.54, 1.807) is 0 Å². The van der Waals surface area contributed by atoms with Gasteiger partial charge in [0.05, 0.1) is 18.0 Å². The first kappa shape index (κ1) is 17.4. The third kappa shape index (κ3) is 5.80. The third-order valence-electron chi connectivity index (χ3n) is 3.05. The number of phenolic OH excluding ortho intramolecular Hbond substituents is 1. The van der Waals surface area contributed by atoms with Gasteiger partial charge in [0.25, 0.3) is 0 Å². The van der Waals surface area contributed by atoms with Crippen molar-refractivity contribution in [3.05, 3.63) is 29.8 Å². The van der Waals surface area contributed by atoms with Crippen LogP contribution in [-0.4, -0.2) is 35.0 Å². The van der Waals surface area contributed by atoms with Crippen LogP contribution < -0.4 is 21.3 Å². The summed E-state index contributed by atoms with van der Waals surface area (Å²) in [5.74, 6) is -3.38. The summed E-state index contributed by atoms with van der Waals surface area (Å²) in [5, 5.41) is 33.0. The fourth-order valence-electron chi connectivity index (χ4n) is 1.75. The highest BCUT2D eigenvalue weighted by Gasteiger charge is 2.16. The number of hydrogen-bond donors (Lipinski definition) is 3. The van der Waals surface area contributed by atoms with Crippen molar-refractivity contribution >= 4 is 17.8 Å². The second kappa shape index (κ2) is 7.99. The molecule has 22 heavy (non-hydrogen) atoms. The van der Waals surface area contributed by atoms with E-state index in [-0.39, 0.29) is 25.0 Å². The average molecular weight is 309 g/mol. The van der Waals surface area contributed by atoms with E-state index in [1.165, 1.54) is 24.3 Å². The van der Waals surface area contributed by atoms with Crippen LogP contribution in [0.1, 0.15) is 18.4 Å². The minimum Gasteiger partial charge on any atom is -0.548 e. The van der Waals surface area contributed by atoms with Crippen LogP contribution in [0, 0.1) is 0 Å². The largest absolute Gasteiger partial charge is 0.548 e. The number of hydrogen-bond acceptors (Lipinski definition) is 6. The predicted molar refractivity (Wildman–Crippen MR) is 69.7 cm³/mol. The first-order valence-electron chi connectivity index (χ1n) is 6.61. The fraction of sp³-hybridized carbons (Fsp3) is 0.357. The molecule has 1 aromatic rings. The number of carboxylic acid groups (broad SMARTS) is 2. The van der Waals surface area contributed by atoms with Crippen LogP contribution in [0.4, 0.5) is 0 Å². The lowest BCUT2D eigenvalue weighted by Crippen LogP contribution is -2.68. The normalized spacial score (nSPS) is 13.1. The molecule has 0 aromatic heterocycles. The summed E-state index contributed by atoms with van der Waals surface area (Å²) in [6, 6.07) is 3.57. The monoisotopic (exact) mass is 309 g/mol. The Morgan fingerprint density at radius 1 is 1.14 bits per heavy atom. The van der Waals surface area contributed by atoms with Crippen molar-refractivity contribution in [3.63, 3.8) is 0 Å². The Balaban J connectivity index is 2.57. The predicted octanol–water partition coefficient (Wildman–Crippen LogP) is -3.69. The second-order valence-corrected chi connectivity index (χ2v) is 4.86. The molecule has 8 nitrogen and oxygen atoms in total.